The van der Waals surface area contributed by atoms with Gasteiger partial charge in [-0.3, -0.25) is 4.98 Å². The molecule has 0 amide bonds. The van der Waals surface area contributed by atoms with Crippen molar-refractivity contribution in [2.75, 3.05) is 0 Å². The second-order valence-corrected chi connectivity index (χ2v) is 2.18. The molecule has 1 aromatic rings. The van der Waals surface area contributed by atoms with E-state index in [4.69, 9.17) is 0 Å². The van der Waals surface area contributed by atoms with Crippen LogP contribution in [0, 0.1) is 0 Å². The molecule has 0 aromatic carbocycles. The smallest absolute Gasteiger partial charge is 0.0590 e. The van der Waals surface area contributed by atoms with Crippen LogP contribution in [0.4, 0.5) is 0 Å². The molecular formula is C8H6N3. The molecule has 1 radical (unpaired) electrons. The van der Waals surface area contributed by atoms with Crippen molar-refractivity contribution in [1.82, 2.24) is 10.4 Å². The molecule has 1 aliphatic rings. The topological polar surface area (TPSA) is 39.4 Å². The molecule has 0 N–H and O–H groups in total. The summed E-state index contributed by atoms with van der Waals surface area (Å²) in [6.45, 7) is 0. The average molecular weight is 144 g/mol. The van der Waals surface area contributed by atoms with Gasteiger partial charge in [-0.2, -0.15) is 10.5 Å². The lowest BCUT2D eigenvalue weighted by Crippen LogP contribution is -1.82. The highest BCUT2D eigenvalue weighted by Gasteiger charge is 2.01. The van der Waals surface area contributed by atoms with Gasteiger partial charge in [0.1, 0.15) is 0 Å². The van der Waals surface area contributed by atoms with Gasteiger partial charge < -0.3 is 0 Å². The normalized spacial score (nSPS) is 14.4. The Labute approximate surface area is 64.5 Å². The zero-order valence-electron chi connectivity index (χ0n) is 5.81. The molecular weight excluding hydrogens is 138 g/mol. The second kappa shape index (κ2) is 2.54. The molecule has 2 rings (SSSR count). The third-order valence-corrected chi connectivity index (χ3v) is 1.47. The number of allylic oxidation sites excluding steroid dienone is 1. The van der Waals surface area contributed by atoms with Crippen molar-refractivity contribution in [3.8, 4) is 0 Å². The number of rotatable bonds is 1. The van der Waals surface area contributed by atoms with E-state index in [1.807, 2.05) is 12.1 Å². The van der Waals surface area contributed by atoms with Gasteiger partial charge >= 0.3 is 0 Å². The number of aromatic nitrogens is 1. The van der Waals surface area contributed by atoms with Gasteiger partial charge in [-0.1, -0.05) is 0 Å². The number of hydrogen-bond donors (Lipinski definition) is 0. The van der Waals surface area contributed by atoms with Crippen LogP contribution in [0.25, 0.3) is 5.57 Å². The summed E-state index contributed by atoms with van der Waals surface area (Å²) >= 11 is 0. The van der Waals surface area contributed by atoms with Crippen LogP contribution in [0.3, 0.4) is 0 Å². The lowest BCUT2D eigenvalue weighted by molar-refractivity contribution is 0.977. The van der Waals surface area contributed by atoms with Gasteiger partial charge in [-0.15, -0.1) is 0 Å². The Morgan fingerprint density at radius 2 is 1.91 bits per heavy atom. The van der Waals surface area contributed by atoms with Crippen molar-refractivity contribution < 1.29 is 0 Å². The highest BCUT2D eigenvalue weighted by molar-refractivity contribution is 6.10. The average Bonchev–Trinajstić information content (AvgIpc) is 2.58. The van der Waals surface area contributed by atoms with Crippen LogP contribution in [-0.4, -0.2) is 11.2 Å². The van der Waals surface area contributed by atoms with E-state index >= 15 is 0 Å². The van der Waals surface area contributed by atoms with E-state index in [9.17, 15) is 0 Å². The Balaban J connectivity index is 2.37. The van der Waals surface area contributed by atoms with Crippen LogP contribution < -0.4 is 5.43 Å². The first-order valence-electron chi connectivity index (χ1n) is 3.30. The molecule has 0 aliphatic carbocycles. The maximum Gasteiger partial charge on any atom is 0.0590 e. The zero-order chi connectivity index (χ0) is 7.52. The Hall–Kier alpha value is -1.64. The van der Waals surface area contributed by atoms with Crippen molar-refractivity contribution in [1.29, 1.82) is 0 Å². The molecule has 0 bridgehead atoms. The zero-order valence-corrected chi connectivity index (χ0v) is 5.81. The monoisotopic (exact) mass is 144 g/mol. The molecule has 0 saturated heterocycles. The maximum absolute atomic E-state index is 3.91. The third-order valence-electron chi connectivity index (χ3n) is 1.47. The van der Waals surface area contributed by atoms with Crippen molar-refractivity contribution in [3.63, 3.8) is 0 Å². The lowest BCUT2D eigenvalue weighted by atomic mass is 10.1. The van der Waals surface area contributed by atoms with E-state index in [-0.39, 0.29) is 0 Å². The van der Waals surface area contributed by atoms with Crippen molar-refractivity contribution in [2.45, 2.75) is 0 Å². The van der Waals surface area contributed by atoms with Crippen LogP contribution in [0.1, 0.15) is 5.56 Å². The first kappa shape index (κ1) is 6.09. The Kier molecular flexibility index (Phi) is 1.41. The first-order chi connectivity index (χ1) is 5.47. The fraction of sp³-hybridized carbons (Fsp3) is 0. The molecule has 11 heavy (non-hydrogen) atoms. The fourth-order valence-electron chi connectivity index (χ4n) is 0.918. The molecule has 0 spiro atoms. The van der Waals surface area contributed by atoms with Crippen molar-refractivity contribution >= 4 is 11.8 Å². The van der Waals surface area contributed by atoms with E-state index < -0.39 is 0 Å². The van der Waals surface area contributed by atoms with E-state index in [0.29, 0.717) is 0 Å². The van der Waals surface area contributed by atoms with Gasteiger partial charge in [0, 0.05) is 18.0 Å². The van der Waals surface area contributed by atoms with Crippen molar-refractivity contribution in [2.24, 2.45) is 5.10 Å². The summed E-state index contributed by atoms with van der Waals surface area (Å²) < 4.78 is 0. The van der Waals surface area contributed by atoms with Crippen LogP contribution in [0.15, 0.2) is 35.8 Å². The molecule has 3 nitrogen and oxygen atoms in total. The largest absolute Gasteiger partial charge is 0.265 e. The highest BCUT2D eigenvalue weighted by Crippen LogP contribution is 2.12. The molecule has 0 saturated carbocycles. The second-order valence-electron chi connectivity index (χ2n) is 2.18. The summed E-state index contributed by atoms with van der Waals surface area (Å²) in [4.78, 5) is 3.91. The molecule has 0 fully saturated rings. The van der Waals surface area contributed by atoms with Gasteiger partial charge in [0.25, 0.3) is 0 Å². The summed E-state index contributed by atoms with van der Waals surface area (Å²) in [7, 11) is 0. The molecule has 53 valence electrons. The molecule has 1 aromatic heterocycles. The summed E-state index contributed by atoms with van der Waals surface area (Å²) in [6, 6.07) is 3.86. The van der Waals surface area contributed by atoms with Gasteiger partial charge in [0.2, 0.25) is 0 Å². The summed E-state index contributed by atoms with van der Waals surface area (Å²) in [5.74, 6) is 0. The van der Waals surface area contributed by atoms with Crippen LogP contribution in [-0.2, 0) is 0 Å². The summed E-state index contributed by atoms with van der Waals surface area (Å²) in [5, 5.41) is 3.73. The van der Waals surface area contributed by atoms with Gasteiger partial charge in [0.15, 0.2) is 0 Å². The van der Waals surface area contributed by atoms with Gasteiger partial charge in [0.05, 0.1) is 12.4 Å². The van der Waals surface area contributed by atoms with E-state index in [1.54, 1.807) is 24.8 Å². The SMILES string of the molecule is C1=N[N]C=C1c1ccncc1. The van der Waals surface area contributed by atoms with Crippen molar-refractivity contribution in [3.05, 3.63) is 36.3 Å². The molecule has 3 heteroatoms. The van der Waals surface area contributed by atoms with Gasteiger partial charge in [-0.25, -0.2) is 0 Å². The van der Waals surface area contributed by atoms with E-state index in [1.165, 1.54) is 0 Å². The van der Waals surface area contributed by atoms with Gasteiger partial charge in [-0.05, 0) is 17.7 Å². The quantitative estimate of drug-likeness (QED) is 0.580. The minimum atomic E-state index is 1.03. The van der Waals surface area contributed by atoms with E-state index in [0.717, 1.165) is 11.1 Å². The molecule has 2 heterocycles. The molecule has 0 atom stereocenters. The lowest BCUT2D eigenvalue weighted by Gasteiger charge is -1.93. The third kappa shape index (κ3) is 1.12. The summed E-state index contributed by atoms with van der Waals surface area (Å²) in [5.41, 5.74) is 5.86. The number of nitrogens with zero attached hydrogens (tertiary/aromatic N) is 3. The number of hydrogen-bond acceptors (Lipinski definition) is 2. The minimum absolute atomic E-state index is 1.03. The molecule has 0 unspecified atom stereocenters. The predicted octanol–water partition coefficient (Wildman–Crippen LogP) is 1.03. The van der Waals surface area contributed by atoms with E-state index in [2.05, 4.69) is 15.5 Å². The highest BCUT2D eigenvalue weighted by atomic mass is 15.3. The number of pyridine rings is 1. The standard InChI is InChI=1S/C8H6N3/c1-3-9-4-2-7(1)8-5-10-11-6-8/h1-6H. The Morgan fingerprint density at radius 1 is 1.09 bits per heavy atom. The van der Waals surface area contributed by atoms with Crippen LogP contribution in [0.2, 0.25) is 0 Å². The van der Waals surface area contributed by atoms with Crippen LogP contribution in [0.5, 0.6) is 0 Å². The molecule has 1 aliphatic heterocycles. The maximum atomic E-state index is 3.91. The fourth-order valence-corrected chi connectivity index (χ4v) is 0.918. The Morgan fingerprint density at radius 3 is 2.55 bits per heavy atom. The first-order valence-corrected chi connectivity index (χ1v) is 3.30. The Bertz CT molecular complexity index is 300. The van der Waals surface area contributed by atoms with Crippen LogP contribution >= 0.6 is 0 Å². The minimum Gasteiger partial charge on any atom is -0.265 e. The predicted molar refractivity (Wildman–Crippen MR) is 42.8 cm³/mol. The summed E-state index contributed by atoms with van der Waals surface area (Å²) in [6.07, 6.45) is 6.97.